The van der Waals surface area contributed by atoms with Gasteiger partial charge in [-0.25, -0.2) is 12.8 Å². The van der Waals surface area contributed by atoms with Gasteiger partial charge in [0, 0.05) is 18.1 Å². The molecule has 0 radical (unpaired) electrons. The number of carbonyl (C=O) groups is 2. The van der Waals surface area contributed by atoms with Crippen molar-refractivity contribution in [2.75, 3.05) is 17.4 Å². The molecule has 0 spiro atoms. The Hall–Kier alpha value is -3.43. The maximum Gasteiger partial charge on any atom is 0.264 e. The van der Waals surface area contributed by atoms with E-state index in [1.807, 2.05) is 6.92 Å². The molecule has 38 heavy (non-hydrogen) atoms. The molecule has 1 atom stereocenters. The van der Waals surface area contributed by atoms with E-state index in [0.29, 0.717) is 23.6 Å². The van der Waals surface area contributed by atoms with Crippen LogP contribution in [0.5, 0.6) is 0 Å². The normalized spacial score (nSPS) is 12.0. The highest BCUT2D eigenvalue weighted by molar-refractivity contribution is 7.92. The first-order valence-corrected chi connectivity index (χ1v) is 14.0. The third kappa shape index (κ3) is 7.11. The number of benzene rings is 3. The van der Waals surface area contributed by atoms with Gasteiger partial charge in [-0.05, 0) is 74.4 Å². The van der Waals surface area contributed by atoms with Crippen LogP contribution in [0, 0.1) is 12.7 Å². The van der Waals surface area contributed by atoms with E-state index in [4.69, 9.17) is 11.6 Å². The molecule has 10 heteroatoms. The second kappa shape index (κ2) is 12.9. The standard InChI is InChI=1S/C28H31ClFN3O4S/c1-4-26(28(35)31-5-2)32(18-21-8-12-23(30)13-9-21)27(34)19-33(24-14-10-22(29)11-15-24)38(36,37)25-16-6-20(3)7-17-25/h6-17,26H,4-5,18-19H2,1-3H3,(H,31,35). The first-order valence-electron chi connectivity index (χ1n) is 12.2. The summed E-state index contributed by atoms with van der Waals surface area (Å²) in [7, 11) is -4.16. The Morgan fingerprint density at radius 1 is 0.947 bits per heavy atom. The first-order chi connectivity index (χ1) is 18.1. The molecule has 0 aliphatic heterocycles. The van der Waals surface area contributed by atoms with Gasteiger partial charge in [-0.3, -0.25) is 13.9 Å². The van der Waals surface area contributed by atoms with E-state index in [-0.39, 0.29) is 23.0 Å². The Labute approximate surface area is 228 Å². The maximum absolute atomic E-state index is 13.8. The van der Waals surface area contributed by atoms with E-state index < -0.39 is 34.3 Å². The topological polar surface area (TPSA) is 86.8 Å². The van der Waals surface area contributed by atoms with Crippen LogP contribution < -0.4 is 9.62 Å². The lowest BCUT2D eigenvalue weighted by Gasteiger charge is -2.33. The number of amides is 2. The van der Waals surface area contributed by atoms with Crippen molar-refractivity contribution < 1.29 is 22.4 Å². The first kappa shape index (κ1) is 29.1. The summed E-state index contributed by atoms with van der Waals surface area (Å²) in [6.07, 6.45) is 0.296. The van der Waals surface area contributed by atoms with Crippen molar-refractivity contribution in [1.29, 1.82) is 0 Å². The number of aryl methyl sites for hydroxylation is 1. The highest BCUT2D eigenvalue weighted by Crippen LogP contribution is 2.26. The number of nitrogens with one attached hydrogen (secondary N) is 1. The fourth-order valence-electron chi connectivity index (χ4n) is 3.97. The van der Waals surface area contributed by atoms with Gasteiger partial charge < -0.3 is 10.2 Å². The van der Waals surface area contributed by atoms with Gasteiger partial charge in [0.15, 0.2) is 0 Å². The van der Waals surface area contributed by atoms with Gasteiger partial charge >= 0.3 is 0 Å². The van der Waals surface area contributed by atoms with E-state index >= 15 is 0 Å². The van der Waals surface area contributed by atoms with Gasteiger partial charge in [-0.15, -0.1) is 0 Å². The van der Waals surface area contributed by atoms with Crippen LogP contribution in [0.2, 0.25) is 5.02 Å². The molecule has 3 aromatic carbocycles. The van der Waals surface area contributed by atoms with Gasteiger partial charge in [0.2, 0.25) is 11.8 Å². The Bertz CT molecular complexity index is 1350. The van der Waals surface area contributed by atoms with Crippen LogP contribution in [0.3, 0.4) is 0 Å². The van der Waals surface area contributed by atoms with Crippen LogP contribution in [0.1, 0.15) is 31.4 Å². The molecular formula is C28H31ClFN3O4S. The van der Waals surface area contributed by atoms with Gasteiger partial charge in [0.1, 0.15) is 18.4 Å². The second-order valence-electron chi connectivity index (χ2n) is 8.77. The van der Waals surface area contributed by atoms with E-state index in [1.54, 1.807) is 38.1 Å². The fraction of sp³-hybridized carbons (Fsp3) is 0.286. The van der Waals surface area contributed by atoms with Gasteiger partial charge in [0.05, 0.1) is 10.6 Å². The molecule has 0 fully saturated rings. The molecule has 3 rings (SSSR count). The zero-order valence-electron chi connectivity index (χ0n) is 21.5. The molecule has 2 amide bonds. The van der Waals surface area contributed by atoms with Crippen LogP contribution in [0.25, 0.3) is 0 Å². The fourth-order valence-corrected chi connectivity index (χ4v) is 5.51. The van der Waals surface area contributed by atoms with Crippen LogP contribution in [-0.4, -0.2) is 44.3 Å². The van der Waals surface area contributed by atoms with Crippen molar-refractivity contribution in [2.24, 2.45) is 0 Å². The zero-order valence-corrected chi connectivity index (χ0v) is 23.1. The smallest absolute Gasteiger partial charge is 0.264 e. The molecule has 0 aliphatic rings. The summed E-state index contributed by atoms with van der Waals surface area (Å²) in [6, 6.07) is 17.2. The third-order valence-electron chi connectivity index (χ3n) is 6.01. The zero-order chi connectivity index (χ0) is 27.9. The van der Waals surface area contributed by atoms with E-state index in [9.17, 15) is 22.4 Å². The summed E-state index contributed by atoms with van der Waals surface area (Å²) in [4.78, 5) is 28.1. The van der Waals surface area contributed by atoms with Crippen molar-refractivity contribution in [3.8, 4) is 0 Å². The quantitative estimate of drug-likeness (QED) is 0.361. The number of likely N-dealkylation sites (N-methyl/N-ethyl adjacent to an activating group) is 1. The molecule has 0 aromatic heterocycles. The Kier molecular flexibility index (Phi) is 9.88. The number of halogens is 2. The predicted molar refractivity (Wildman–Crippen MR) is 147 cm³/mol. The minimum atomic E-state index is -4.16. The van der Waals surface area contributed by atoms with E-state index in [0.717, 1.165) is 9.87 Å². The van der Waals surface area contributed by atoms with Crippen molar-refractivity contribution in [3.63, 3.8) is 0 Å². The molecule has 0 saturated carbocycles. The lowest BCUT2D eigenvalue weighted by Crippen LogP contribution is -2.52. The number of hydrogen-bond acceptors (Lipinski definition) is 4. The second-order valence-corrected chi connectivity index (χ2v) is 11.1. The maximum atomic E-state index is 13.8. The van der Waals surface area contributed by atoms with Crippen LogP contribution in [-0.2, 0) is 26.2 Å². The largest absolute Gasteiger partial charge is 0.355 e. The number of nitrogens with zero attached hydrogens (tertiary/aromatic N) is 2. The molecule has 0 bridgehead atoms. The lowest BCUT2D eigenvalue weighted by atomic mass is 10.1. The van der Waals surface area contributed by atoms with Crippen molar-refractivity contribution >= 4 is 39.1 Å². The summed E-state index contributed by atoms with van der Waals surface area (Å²) in [5, 5.41) is 3.15. The summed E-state index contributed by atoms with van der Waals surface area (Å²) in [6.45, 7) is 5.18. The molecule has 1 unspecified atom stereocenters. The molecule has 1 N–H and O–H groups in total. The van der Waals surface area contributed by atoms with Crippen molar-refractivity contribution in [1.82, 2.24) is 10.2 Å². The Morgan fingerprint density at radius 2 is 1.55 bits per heavy atom. The van der Waals surface area contributed by atoms with Crippen LogP contribution in [0.4, 0.5) is 10.1 Å². The highest BCUT2D eigenvalue weighted by Gasteiger charge is 2.33. The van der Waals surface area contributed by atoms with Gasteiger partial charge in [-0.1, -0.05) is 48.4 Å². The van der Waals surface area contributed by atoms with Crippen molar-refractivity contribution in [2.45, 2.75) is 44.7 Å². The average molecular weight is 560 g/mol. The van der Waals surface area contributed by atoms with Gasteiger partial charge in [0.25, 0.3) is 10.0 Å². The summed E-state index contributed by atoms with van der Waals surface area (Å²) in [5.41, 5.74) is 1.73. The Balaban J connectivity index is 2.04. The number of hydrogen-bond donors (Lipinski definition) is 1. The van der Waals surface area contributed by atoms with Crippen molar-refractivity contribution in [3.05, 3.63) is 94.8 Å². The van der Waals surface area contributed by atoms with E-state index in [2.05, 4.69) is 5.32 Å². The lowest BCUT2D eigenvalue weighted by molar-refractivity contribution is -0.140. The molecule has 0 saturated heterocycles. The predicted octanol–water partition coefficient (Wildman–Crippen LogP) is 4.93. The minimum Gasteiger partial charge on any atom is -0.355 e. The molecular weight excluding hydrogens is 529 g/mol. The van der Waals surface area contributed by atoms with Crippen LogP contribution >= 0.6 is 11.6 Å². The highest BCUT2D eigenvalue weighted by atomic mass is 35.5. The monoisotopic (exact) mass is 559 g/mol. The van der Waals surface area contributed by atoms with E-state index in [1.165, 1.54) is 53.4 Å². The molecule has 3 aromatic rings. The number of anilines is 1. The van der Waals surface area contributed by atoms with Crippen LogP contribution in [0.15, 0.2) is 77.7 Å². The minimum absolute atomic E-state index is 0.00616. The average Bonchev–Trinajstić information content (AvgIpc) is 2.89. The summed E-state index contributed by atoms with van der Waals surface area (Å²) in [5.74, 6) is -1.37. The Morgan fingerprint density at radius 3 is 2.11 bits per heavy atom. The van der Waals surface area contributed by atoms with Gasteiger partial charge in [-0.2, -0.15) is 0 Å². The third-order valence-corrected chi connectivity index (χ3v) is 8.05. The summed E-state index contributed by atoms with van der Waals surface area (Å²) < 4.78 is 42.0. The number of carbonyl (C=O) groups excluding carboxylic acids is 2. The number of sulfonamides is 1. The number of rotatable bonds is 11. The molecule has 202 valence electrons. The molecule has 7 nitrogen and oxygen atoms in total. The SMILES string of the molecule is CCNC(=O)C(CC)N(Cc1ccc(F)cc1)C(=O)CN(c1ccc(Cl)cc1)S(=O)(=O)c1ccc(C)cc1. The summed E-state index contributed by atoms with van der Waals surface area (Å²) >= 11 is 6.03. The molecule has 0 heterocycles. The molecule has 0 aliphatic carbocycles.